The van der Waals surface area contributed by atoms with Gasteiger partial charge in [0.25, 0.3) is 0 Å². The van der Waals surface area contributed by atoms with Gasteiger partial charge in [0.1, 0.15) is 11.4 Å². The topological polar surface area (TPSA) is 56.7 Å². The predicted octanol–water partition coefficient (Wildman–Crippen LogP) is 0.828. The van der Waals surface area contributed by atoms with Gasteiger partial charge >= 0.3 is 0 Å². The number of halogens is 1. The van der Waals surface area contributed by atoms with E-state index in [1.165, 1.54) is 12.1 Å². The second-order valence-electron chi connectivity index (χ2n) is 3.96. The molecule has 0 amide bonds. The van der Waals surface area contributed by atoms with Crippen molar-refractivity contribution >= 4 is 5.96 Å². The van der Waals surface area contributed by atoms with Crippen LogP contribution in [0.5, 0.6) is 0 Å². The molecule has 0 radical (unpaired) electrons. The number of nitrogens with one attached hydrogen (secondary N) is 2. The van der Waals surface area contributed by atoms with Crippen molar-refractivity contribution in [3.8, 4) is 0 Å². The lowest BCUT2D eigenvalue weighted by Gasteiger charge is -2.25. The average molecular weight is 239 g/mol. The molecule has 1 aromatic carbocycles. The van der Waals surface area contributed by atoms with E-state index in [9.17, 15) is 9.50 Å². The highest BCUT2D eigenvalue weighted by molar-refractivity contribution is 5.79. The third kappa shape index (κ3) is 3.71. The molecule has 0 aliphatic carbocycles. The lowest BCUT2D eigenvalue weighted by atomic mass is 9.96. The van der Waals surface area contributed by atoms with E-state index in [1.807, 2.05) is 0 Å². The van der Waals surface area contributed by atoms with Gasteiger partial charge in [-0.25, -0.2) is 4.39 Å². The van der Waals surface area contributed by atoms with Crippen LogP contribution in [0, 0.1) is 5.82 Å². The Kier molecular flexibility index (Phi) is 4.45. The van der Waals surface area contributed by atoms with Crippen molar-refractivity contribution in [2.45, 2.75) is 12.5 Å². The summed E-state index contributed by atoms with van der Waals surface area (Å²) in [5, 5.41) is 16.1. The van der Waals surface area contributed by atoms with Crippen LogP contribution in [0.3, 0.4) is 0 Å². The van der Waals surface area contributed by atoms with Crippen LogP contribution in [-0.2, 0) is 5.60 Å². The zero-order chi connectivity index (χ0) is 12.9. The van der Waals surface area contributed by atoms with Crippen molar-refractivity contribution in [3.63, 3.8) is 0 Å². The van der Waals surface area contributed by atoms with Crippen LogP contribution in [0.15, 0.2) is 29.3 Å². The summed E-state index contributed by atoms with van der Waals surface area (Å²) in [6, 6.07) is 5.80. The first kappa shape index (κ1) is 13.4. The van der Waals surface area contributed by atoms with Crippen molar-refractivity contribution in [1.29, 1.82) is 0 Å². The lowest BCUT2D eigenvalue weighted by molar-refractivity contribution is 0.0617. The number of guanidine groups is 1. The van der Waals surface area contributed by atoms with E-state index in [2.05, 4.69) is 15.6 Å². The van der Waals surface area contributed by atoms with Gasteiger partial charge in [-0.2, -0.15) is 0 Å². The molecule has 0 saturated carbocycles. The molecule has 17 heavy (non-hydrogen) atoms. The molecule has 0 bridgehead atoms. The molecule has 1 aromatic rings. The molecule has 0 spiro atoms. The van der Waals surface area contributed by atoms with E-state index in [4.69, 9.17) is 0 Å². The molecule has 4 nitrogen and oxygen atoms in total. The molecule has 94 valence electrons. The monoisotopic (exact) mass is 239 g/mol. The molecule has 1 atom stereocenters. The fourth-order valence-corrected chi connectivity index (χ4v) is 1.45. The number of rotatable bonds is 3. The number of nitrogens with zero attached hydrogens (tertiary/aromatic N) is 1. The van der Waals surface area contributed by atoms with Crippen molar-refractivity contribution in [2.24, 2.45) is 4.99 Å². The van der Waals surface area contributed by atoms with Gasteiger partial charge in [-0.3, -0.25) is 4.99 Å². The average Bonchev–Trinajstić information content (AvgIpc) is 2.31. The second-order valence-corrected chi connectivity index (χ2v) is 3.96. The first-order valence-electron chi connectivity index (χ1n) is 5.36. The van der Waals surface area contributed by atoms with Gasteiger partial charge in [0, 0.05) is 14.1 Å². The summed E-state index contributed by atoms with van der Waals surface area (Å²) >= 11 is 0. The second kappa shape index (κ2) is 5.63. The van der Waals surface area contributed by atoms with Gasteiger partial charge in [-0.15, -0.1) is 0 Å². The molecule has 0 fully saturated rings. The van der Waals surface area contributed by atoms with Crippen molar-refractivity contribution < 1.29 is 9.50 Å². The summed E-state index contributed by atoms with van der Waals surface area (Å²) in [5.74, 6) is 0.274. The first-order valence-corrected chi connectivity index (χ1v) is 5.36. The summed E-state index contributed by atoms with van der Waals surface area (Å²) in [7, 11) is 3.38. The summed E-state index contributed by atoms with van der Waals surface area (Å²) in [5.41, 5.74) is -0.432. The van der Waals surface area contributed by atoms with E-state index >= 15 is 0 Å². The Labute approximate surface area is 101 Å². The molecule has 0 aliphatic heterocycles. The van der Waals surface area contributed by atoms with Crippen LogP contribution in [0.2, 0.25) is 0 Å². The molecule has 5 heteroatoms. The molecule has 0 saturated heterocycles. The minimum absolute atomic E-state index is 0.284. The van der Waals surface area contributed by atoms with E-state index in [0.717, 1.165) is 0 Å². The van der Waals surface area contributed by atoms with Crippen molar-refractivity contribution in [2.75, 3.05) is 20.6 Å². The summed E-state index contributed by atoms with van der Waals surface area (Å²) < 4.78 is 12.8. The first-order chi connectivity index (χ1) is 7.99. The van der Waals surface area contributed by atoms with Gasteiger partial charge in [-0.05, 0) is 24.6 Å². The molecule has 0 heterocycles. The third-order valence-corrected chi connectivity index (χ3v) is 2.53. The third-order valence-electron chi connectivity index (χ3n) is 2.53. The SMILES string of the molecule is CN=C(NC)NCC(C)(O)c1ccc(F)cc1. The van der Waals surface area contributed by atoms with Crippen LogP contribution in [0.1, 0.15) is 12.5 Å². The van der Waals surface area contributed by atoms with Gasteiger partial charge in [0.05, 0.1) is 6.54 Å². The van der Waals surface area contributed by atoms with Crippen LogP contribution in [0.25, 0.3) is 0 Å². The Morgan fingerprint density at radius 2 is 2.00 bits per heavy atom. The highest BCUT2D eigenvalue weighted by Crippen LogP contribution is 2.19. The van der Waals surface area contributed by atoms with E-state index in [-0.39, 0.29) is 12.4 Å². The maximum Gasteiger partial charge on any atom is 0.190 e. The van der Waals surface area contributed by atoms with Crippen molar-refractivity contribution in [3.05, 3.63) is 35.6 Å². The van der Waals surface area contributed by atoms with Crippen molar-refractivity contribution in [1.82, 2.24) is 10.6 Å². The Morgan fingerprint density at radius 1 is 1.41 bits per heavy atom. The molecular weight excluding hydrogens is 221 g/mol. The standard InChI is InChI=1S/C12H18FN3O/c1-12(17,8-16-11(14-2)15-3)9-4-6-10(13)7-5-9/h4-7,17H,8H2,1-3H3,(H2,14,15,16). The van der Waals surface area contributed by atoms with Crippen LogP contribution in [0.4, 0.5) is 4.39 Å². The van der Waals surface area contributed by atoms with E-state index < -0.39 is 5.60 Å². The number of hydrogen-bond donors (Lipinski definition) is 3. The lowest BCUT2D eigenvalue weighted by Crippen LogP contribution is -2.43. The highest BCUT2D eigenvalue weighted by Gasteiger charge is 2.23. The number of benzene rings is 1. The Balaban J connectivity index is 2.71. The maximum atomic E-state index is 12.8. The fourth-order valence-electron chi connectivity index (χ4n) is 1.45. The normalized spacial score (nSPS) is 15.2. The highest BCUT2D eigenvalue weighted by atomic mass is 19.1. The number of aliphatic imine (C=N–C) groups is 1. The number of hydrogen-bond acceptors (Lipinski definition) is 2. The van der Waals surface area contributed by atoms with E-state index in [0.29, 0.717) is 11.5 Å². The minimum Gasteiger partial charge on any atom is -0.384 e. The Bertz CT molecular complexity index is 387. The van der Waals surface area contributed by atoms with Crippen LogP contribution in [-0.4, -0.2) is 31.7 Å². The van der Waals surface area contributed by atoms with Gasteiger partial charge in [-0.1, -0.05) is 12.1 Å². The molecule has 1 unspecified atom stereocenters. The molecule has 0 aliphatic rings. The molecule has 1 rings (SSSR count). The van der Waals surface area contributed by atoms with Gasteiger partial charge in [0.15, 0.2) is 5.96 Å². The van der Waals surface area contributed by atoms with Gasteiger partial charge < -0.3 is 15.7 Å². The zero-order valence-electron chi connectivity index (χ0n) is 10.3. The van der Waals surface area contributed by atoms with Gasteiger partial charge in [0.2, 0.25) is 0 Å². The van der Waals surface area contributed by atoms with E-state index in [1.54, 1.807) is 33.2 Å². The zero-order valence-corrected chi connectivity index (χ0v) is 10.3. The minimum atomic E-state index is -1.08. The molecule has 3 N–H and O–H groups in total. The largest absolute Gasteiger partial charge is 0.384 e. The summed E-state index contributed by atoms with van der Waals surface area (Å²) in [6.07, 6.45) is 0. The Hall–Kier alpha value is -1.62. The smallest absolute Gasteiger partial charge is 0.190 e. The van der Waals surface area contributed by atoms with Crippen LogP contribution >= 0.6 is 0 Å². The summed E-state index contributed by atoms with van der Waals surface area (Å²) in [6.45, 7) is 1.95. The maximum absolute atomic E-state index is 12.8. The molecular formula is C12H18FN3O. The summed E-state index contributed by atoms with van der Waals surface area (Å²) in [4.78, 5) is 3.94. The predicted molar refractivity (Wildman–Crippen MR) is 66.4 cm³/mol. The Morgan fingerprint density at radius 3 is 2.47 bits per heavy atom. The molecule has 0 aromatic heterocycles. The van der Waals surface area contributed by atoms with Crippen LogP contribution < -0.4 is 10.6 Å². The number of aliphatic hydroxyl groups is 1. The quantitative estimate of drug-likeness (QED) is 0.541. The fraction of sp³-hybridized carbons (Fsp3) is 0.417.